The lowest BCUT2D eigenvalue weighted by Crippen LogP contribution is -2.40. The average Bonchev–Trinajstić information content (AvgIpc) is 2.35. The first-order chi connectivity index (χ1) is 9.28. The second kappa shape index (κ2) is 5.86. The Hall–Kier alpha value is -0.870. The van der Waals surface area contributed by atoms with Crippen LogP contribution in [-0.2, 0) is 15.6 Å². The SMILES string of the molecule is Cc1ccc(CS(=O)(=O)CC2(O)CCC(C)CC2)cc1. The molecular weight excluding hydrogens is 272 g/mol. The second-order valence-electron chi connectivity index (χ2n) is 6.42. The van der Waals surface area contributed by atoms with Crippen LogP contribution in [0.2, 0.25) is 0 Å². The molecule has 1 aromatic rings. The van der Waals surface area contributed by atoms with Gasteiger partial charge in [0.2, 0.25) is 0 Å². The van der Waals surface area contributed by atoms with Crippen molar-refractivity contribution in [2.45, 2.75) is 50.9 Å². The maximum atomic E-state index is 12.3. The lowest BCUT2D eigenvalue weighted by atomic mass is 9.81. The average molecular weight is 296 g/mol. The molecular formula is C16H24O3S. The van der Waals surface area contributed by atoms with Gasteiger partial charge in [0.1, 0.15) is 0 Å². The summed E-state index contributed by atoms with van der Waals surface area (Å²) >= 11 is 0. The van der Waals surface area contributed by atoms with E-state index in [-0.39, 0.29) is 11.5 Å². The number of benzene rings is 1. The maximum Gasteiger partial charge on any atom is 0.157 e. The number of hydrogen-bond acceptors (Lipinski definition) is 3. The van der Waals surface area contributed by atoms with Gasteiger partial charge in [-0.3, -0.25) is 0 Å². The highest BCUT2D eigenvalue weighted by molar-refractivity contribution is 7.90. The third-order valence-electron chi connectivity index (χ3n) is 4.20. The lowest BCUT2D eigenvalue weighted by Gasteiger charge is -2.34. The molecule has 1 fully saturated rings. The molecule has 112 valence electrons. The topological polar surface area (TPSA) is 54.4 Å². The van der Waals surface area contributed by atoms with E-state index >= 15 is 0 Å². The second-order valence-corrected chi connectivity index (χ2v) is 8.49. The molecule has 0 aromatic heterocycles. The van der Waals surface area contributed by atoms with Crippen molar-refractivity contribution in [1.29, 1.82) is 0 Å². The van der Waals surface area contributed by atoms with Gasteiger partial charge < -0.3 is 5.11 Å². The third-order valence-corrected chi connectivity index (χ3v) is 5.95. The van der Waals surface area contributed by atoms with Crippen LogP contribution in [0.1, 0.15) is 43.7 Å². The molecule has 1 aliphatic rings. The summed E-state index contributed by atoms with van der Waals surface area (Å²) in [6.45, 7) is 4.13. The Balaban J connectivity index is 2.02. The summed E-state index contributed by atoms with van der Waals surface area (Å²) < 4.78 is 24.6. The van der Waals surface area contributed by atoms with Gasteiger partial charge in [-0.05, 0) is 44.1 Å². The largest absolute Gasteiger partial charge is 0.389 e. The van der Waals surface area contributed by atoms with E-state index < -0.39 is 15.4 Å². The zero-order valence-corrected chi connectivity index (χ0v) is 13.1. The molecule has 0 bridgehead atoms. The van der Waals surface area contributed by atoms with Crippen molar-refractivity contribution in [1.82, 2.24) is 0 Å². The highest BCUT2D eigenvalue weighted by atomic mass is 32.2. The molecule has 0 radical (unpaired) electrons. The highest BCUT2D eigenvalue weighted by Crippen LogP contribution is 2.33. The van der Waals surface area contributed by atoms with Gasteiger partial charge in [-0.15, -0.1) is 0 Å². The highest BCUT2D eigenvalue weighted by Gasteiger charge is 2.36. The summed E-state index contributed by atoms with van der Waals surface area (Å²) in [5.41, 5.74) is 0.894. The fraction of sp³-hybridized carbons (Fsp3) is 0.625. The minimum Gasteiger partial charge on any atom is -0.389 e. The van der Waals surface area contributed by atoms with Crippen molar-refractivity contribution in [2.24, 2.45) is 5.92 Å². The van der Waals surface area contributed by atoms with Gasteiger partial charge in [-0.2, -0.15) is 0 Å². The van der Waals surface area contributed by atoms with E-state index in [0.29, 0.717) is 18.8 Å². The molecule has 0 unspecified atom stereocenters. The van der Waals surface area contributed by atoms with Gasteiger partial charge in [0.05, 0.1) is 17.1 Å². The Morgan fingerprint density at radius 1 is 1.20 bits per heavy atom. The van der Waals surface area contributed by atoms with Crippen LogP contribution in [0, 0.1) is 12.8 Å². The summed E-state index contributed by atoms with van der Waals surface area (Å²) in [5.74, 6) is 0.501. The number of aliphatic hydroxyl groups is 1. The number of rotatable bonds is 4. The van der Waals surface area contributed by atoms with Crippen molar-refractivity contribution < 1.29 is 13.5 Å². The minimum atomic E-state index is -3.27. The summed E-state index contributed by atoms with van der Waals surface area (Å²) in [6, 6.07) is 7.53. The minimum absolute atomic E-state index is 0.0190. The zero-order valence-electron chi connectivity index (χ0n) is 12.3. The standard InChI is InChI=1S/C16H24O3S/c1-13-3-5-15(6-4-13)11-20(18,19)12-16(17)9-7-14(2)8-10-16/h3-6,14,17H,7-12H2,1-2H3. The Morgan fingerprint density at radius 3 is 2.30 bits per heavy atom. The molecule has 20 heavy (non-hydrogen) atoms. The maximum absolute atomic E-state index is 12.3. The van der Waals surface area contributed by atoms with Crippen LogP contribution in [-0.4, -0.2) is 24.9 Å². The van der Waals surface area contributed by atoms with Gasteiger partial charge in [0.15, 0.2) is 9.84 Å². The van der Waals surface area contributed by atoms with Gasteiger partial charge in [0, 0.05) is 0 Å². The molecule has 0 saturated heterocycles. The van der Waals surface area contributed by atoms with E-state index in [1.165, 1.54) is 0 Å². The summed E-state index contributed by atoms with van der Waals surface area (Å²) in [5, 5.41) is 10.5. The lowest BCUT2D eigenvalue weighted by molar-refractivity contribution is 0.0135. The molecule has 2 rings (SSSR count). The Labute approximate surface area is 121 Å². The van der Waals surface area contributed by atoms with E-state index in [1.54, 1.807) is 0 Å². The molecule has 1 aliphatic carbocycles. The molecule has 1 saturated carbocycles. The summed E-state index contributed by atoms with van der Waals surface area (Å²) in [6.07, 6.45) is 3.02. The van der Waals surface area contributed by atoms with Crippen LogP contribution in [0.5, 0.6) is 0 Å². The van der Waals surface area contributed by atoms with Gasteiger partial charge in [-0.1, -0.05) is 36.8 Å². The van der Waals surface area contributed by atoms with Gasteiger partial charge in [-0.25, -0.2) is 8.42 Å². The van der Waals surface area contributed by atoms with Crippen LogP contribution < -0.4 is 0 Å². The third kappa shape index (κ3) is 4.32. The van der Waals surface area contributed by atoms with Crippen molar-refractivity contribution in [2.75, 3.05) is 5.75 Å². The predicted molar refractivity (Wildman–Crippen MR) is 81.3 cm³/mol. The van der Waals surface area contributed by atoms with Crippen molar-refractivity contribution in [3.05, 3.63) is 35.4 Å². The van der Waals surface area contributed by atoms with Crippen molar-refractivity contribution in [3.8, 4) is 0 Å². The smallest absolute Gasteiger partial charge is 0.157 e. The number of hydrogen-bond donors (Lipinski definition) is 1. The number of sulfone groups is 1. The van der Waals surface area contributed by atoms with E-state index in [1.807, 2.05) is 31.2 Å². The van der Waals surface area contributed by atoms with Crippen LogP contribution >= 0.6 is 0 Å². The van der Waals surface area contributed by atoms with Crippen LogP contribution in [0.15, 0.2) is 24.3 Å². The molecule has 0 aliphatic heterocycles. The molecule has 3 nitrogen and oxygen atoms in total. The van der Waals surface area contributed by atoms with E-state index in [4.69, 9.17) is 0 Å². The van der Waals surface area contributed by atoms with Gasteiger partial charge in [0.25, 0.3) is 0 Å². The van der Waals surface area contributed by atoms with Crippen molar-refractivity contribution >= 4 is 9.84 Å². The first kappa shape index (κ1) is 15.5. The summed E-state index contributed by atoms with van der Waals surface area (Å²) in [7, 11) is -3.27. The molecule has 4 heteroatoms. The molecule has 0 amide bonds. The molecule has 1 N–H and O–H groups in total. The fourth-order valence-corrected chi connectivity index (χ4v) is 4.75. The predicted octanol–water partition coefficient (Wildman–Crippen LogP) is 2.85. The first-order valence-corrected chi connectivity index (χ1v) is 9.09. The van der Waals surface area contributed by atoms with Crippen LogP contribution in [0.4, 0.5) is 0 Å². The van der Waals surface area contributed by atoms with E-state index in [2.05, 4.69) is 6.92 Å². The molecule has 0 atom stereocenters. The first-order valence-electron chi connectivity index (χ1n) is 7.26. The van der Waals surface area contributed by atoms with Gasteiger partial charge >= 0.3 is 0 Å². The molecule has 1 aromatic carbocycles. The monoisotopic (exact) mass is 296 g/mol. The van der Waals surface area contributed by atoms with E-state index in [9.17, 15) is 13.5 Å². The number of aryl methyl sites for hydroxylation is 1. The van der Waals surface area contributed by atoms with Crippen LogP contribution in [0.3, 0.4) is 0 Å². The molecule has 0 spiro atoms. The summed E-state index contributed by atoms with van der Waals surface area (Å²) in [4.78, 5) is 0. The molecule has 0 heterocycles. The Morgan fingerprint density at radius 2 is 1.75 bits per heavy atom. The van der Waals surface area contributed by atoms with Crippen LogP contribution in [0.25, 0.3) is 0 Å². The normalized spacial score (nSPS) is 27.4. The van der Waals surface area contributed by atoms with Crippen molar-refractivity contribution in [3.63, 3.8) is 0 Å². The van der Waals surface area contributed by atoms with E-state index in [0.717, 1.165) is 24.0 Å². The fourth-order valence-electron chi connectivity index (χ4n) is 2.84. The quantitative estimate of drug-likeness (QED) is 0.929. The zero-order chi connectivity index (χ0) is 14.8. The Bertz CT molecular complexity index is 538. The Kier molecular flexibility index (Phi) is 4.55.